The smallest absolute Gasteiger partial charge is 0.123 e. The van der Waals surface area contributed by atoms with Crippen LogP contribution in [-0.4, -0.2) is 19.3 Å². The third-order valence-corrected chi connectivity index (χ3v) is 3.71. The van der Waals surface area contributed by atoms with E-state index in [4.69, 9.17) is 10.6 Å². The van der Waals surface area contributed by atoms with Gasteiger partial charge in [0, 0.05) is 7.11 Å². The molecule has 1 aromatic carbocycles. The number of nitrogens with two attached hydrogens (primary N) is 1. The van der Waals surface area contributed by atoms with E-state index < -0.39 is 0 Å². The standard InChI is InChI=1S/C14H21FN2O/c1-9-7-12(15)6-5-11(9)8-13(17-16)14(18-2)10-3-4-10/h5-7,10,13-14,17H,3-4,8,16H2,1-2H3. The van der Waals surface area contributed by atoms with Crippen molar-refractivity contribution in [3.8, 4) is 0 Å². The number of hydrazine groups is 1. The van der Waals surface area contributed by atoms with Crippen LogP contribution in [0.5, 0.6) is 0 Å². The van der Waals surface area contributed by atoms with Gasteiger partial charge >= 0.3 is 0 Å². The Bertz CT molecular complexity index is 407. The molecule has 2 rings (SSSR count). The molecular formula is C14H21FN2O. The van der Waals surface area contributed by atoms with Crippen LogP contribution in [0.2, 0.25) is 0 Å². The molecule has 4 heteroatoms. The predicted octanol–water partition coefficient (Wildman–Crippen LogP) is 1.93. The highest BCUT2D eigenvalue weighted by molar-refractivity contribution is 5.27. The second kappa shape index (κ2) is 5.78. The molecule has 3 N–H and O–H groups in total. The lowest BCUT2D eigenvalue weighted by atomic mass is 9.96. The number of aryl methyl sites for hydroxylation is 1. The maximum Gasteiger partial charge on any atom is 0.123 e. The Morgan fingerprint density at radius 3 is 2.72 bits per heavy atom. The summed E-state index contributed by atoms with van der Waals surface area (Å²) in [6, 6.07) is 4.96. The molecule has 1 fully saturated rings. The topological polar surface area (TPSA) is 47.3 Å². The highest BCUT2D eigenvalue weighted by atomic mass is 19.1. The van der Waals surface area contributed by atoms with Crippen molar-refractivity contribution >= 4 is 0 Å². The maximum atomic E-state index is 13.1. The van der Waals surface area contributed by atoms with Gasteiger partial charge in [0.05, 0.1) is 12.1 Å². The van der Waals surface area contributed by atoms with Gasteiger partial charge in [-0.15, -0.1) is 0 Å². The number of halogens is 1. The number of ether oxygens (including phenoxy) is 1. The van der Waals surface area contributed by atoms with Crippen LogP contribution >= 0.6 is 0 Å². The van der Waals surface area contributed by atoms with Gasteiger partial charge in [0.25, 0.3) is 0 Å². The fourth-order valence-electron chi connectivity index (χ4n) is 2.51. The number of nitrogens with one attached hydrogen (secondary N) is 1. The summed E-state index contributed by atoms with van der Waals surface area (Å²) in [5, 5.41) is 0. The lowest BCUT2D eigenvalue weighted by Gasteiger charge is -2.26. The van der Waals surface area contributed by atoms with Gasteiger partial charge in [0.2, 0.25) is 0 Å². The fraction of sp³-hybridized carbons (Fsp3) is 0.571. The molecule has 2 unspecified atom stereocenters. The number of methoxy groups -OCH3 is 1. The SMILES string of the molecule is COC(C1CC1)C(Cc1ccc(F)cc1C)NN. The predicted molar refractivity (Wildman–Crippen MR) is 69.5 cm³/mol. The van der Waals surface area contributed by atoms with Crippen LogP contribution in [0.15, 0.2) is 18.2 Å². The van der Waals surface area contributed by atoms with Gasteiger partial charge in [-0.3, -0.25) is 11.3 Å². The third kappa shape index (κ3) is 3.07. The van der Waals surface area contributed by atoms with Crippen LogP contribution in [0.3, 0.4) is 0 Å². The van der Waals surface area contributed by atoms with Gasteiger partial charge in [-0.05, 0) is 55.4 Å². The summed E-state index contributed by atoms with van der Waals surface area (Å²) in [6.45, 7) is 1.92. The Balaban J connectivity index is 2.09. The molecule has 0 aliphatic heterocycles. The van der Waals surface area contributed by atoms with Gasteiger partial charge in [0.1, 0.15) is 5.82 Å². The minimum Gasteiger partial charge on any atom is -0.379 e. The van der Waals surface area contributed by atoms with Gasteiger partial charge in [-0.25, -0.2) is 4.39 Å². The van der Waals surface area contributed by atoms with Crippen molar-refractivity contribution in [3.63, 3.8) is 0 Å². The molecular weight excluding hydrogens is 231 g/mol. The molecule has 18 heavy (non-hydrogen) atoms. The number of hydrogen-bond acceptors (Lipinski definition) is 3. The fourth-order valence-corrected chi connectivity index (χ4v) is 2.51. The Hall–Kier alpha value is -0.970. The molecule has 0 bridgehead atoms. The van der Waals surface area contributed by atoms with Crippen LogP contribution in [0.4, 0.5) is 4.39 Å². The summed E-state index contributed by atoms with van der Waals surface area (Å²) in [4.78, 5) is 0. The van der Waals surface area contributed by atoms with Crippen LogP contribution in [0, 0.1) is 18.7 Å². The summed E-state index contributed by atoms with van der Waals surface area (Å²) in [6.07, 6.45) is 3.31. The molecule has 0 spiro atoms. The average Bonchev–Trinajstić information content (AvgIpc) is 3.16. The Morgan fingerprint density at radius 2 is 2.22 bits per heavy atom. The van der Waals surface area contributed by atoms with Crippen molar-refractivity contribution in [3.05, 3.63) is 35.1 Å². The van der Waals surface area contributed by atoms with Gasteiger partial charge < -0.3 is 4.74 Å². The van der Waals surface area contributed by atoms with Crippen molar-refractivity contribution in [2.45, 2.75) is 38.3 Å². The van der Waals surface area contributed by atoms with Crippen LogP contribution in [0.25, 0.3) is 0 Å². The van der Waals surface area contributed by atoms with E-state index in [2.05, 4.69) is 5.43 Å². The molecule has 1 aliphatic rings. The quantitative estimate of drug-likeness (QED) is 0.601. The molecule has 1 aliphatic carbocycles. The summed E-state index contributed by atoms with van der Waals surface area (Å²) < 4.78 is 18.6. The monoisotopic (exact) mass is 252 g/mol. The minimum atomic E-state index is -0.195. The van der Waals surface area contributed by atoms with Crippen molar-refractivity contribution in [1.82, 2.24) is 5.43 Å². The lowest BCUT2D eigenvalue weighted by Crippen LogP contribution is -2.47. The zero-order chi connectivity index (χ0) is 13.1. The molecule has 0 amide bonds. The minimum absolute atomic E-state index is 0.0756. The molecule has 0 heterocycles. The van der Waals surface area contributed by atoms with E-state index in [1.54, 1.807) is 13.2 Å². The molecule has 0 saturated heterocycles. The average molecular weight is 252 g/mol. The summed E-state index contributed by atoms with van der Waals surface area (Å²) >= 11 is 0. The third-order valence-electron chi connectivity index (χ3n) is 3.71. The molecule has 1 aromatic rings. The largest absolute Gasteiger partial charge is 0.379 e. The van der Waals surface area contributed by atoms with Crippen molar-refractivity contribution in [2.75, 3.05) is 7.11 Å². The second-order valence-corrected chi connectivity index (χ2v) is 5.09. The van der Waals surface area contributed by atoms with Gasteiger partial charge in [-0.2, -0.15) is 0 Å². The van der Waals surface area contributed by atoms with E-state index in [-0.39, 0.29) is 18.0 Å². The Morgan fingerprint density at radius 1 is 1.50 bits per heavy atom. The number of rotatable bonds is 6. The van der Waals surface area contributed by atoms with Gasteiger partial charge in [-0.1, -0.05) is 6.07 Å². The van der Waals surface area contributed by atoms with Crippen molar-refractivity contribution < 1.29 is 9.13 Å². The van der Waals surface area contributed by atoms with E-state index in [0.29, 0.717) is 5.92 Å². The van der Waals surface area contributed by atoms with E-state index in [1.165, 1.54) is 18.9 Å². The summed E-state index contributed by atoms with van der Waals surface area (Å²) in [5.74, 6) is 6.05. The first-order valence-corrected chi connectivity index (χ1v) is 6.39. The Kier molecular flexibility index (Phi) is 4.32. The van der Waals surface area contributed by atoms with Crippen molar-refractivity contribution in [1.29, 1.82) is 0 Å². The number of benzene rings is 1. The molecule has 3 nitrogen and oxygen atoms in total. The molecule has 2 atom stereocenters. The summed E-state index contributed by atoms with van der Waals surface area (Å²) in [7, 11) is 1.73. The van der Waals surface area contributed by atoms with Crippen LogP contribution in [-0.2, 0) is 11.2 Å². The molecule has 1 saturated carbocycles. The second-order valence-electron chi connectivity index (χ2n) is 5.09. The highest BCUT2D eigenvalue weighted by Gasteiger charge is 2.36. The zero-order valence-corrected chi connectivity index (χ0v) is 10.9. The number of hydrogen-bond donors (Lipinski definition) is 2. The maximum absolute atomic E-state index is 13.1. The van der Waals surface area contributed by atoms with Crippen LogP contribution in [0.1, 0.15) is 24.0 Å². The first-order valence-electron chi connectivity index (χ1n) is 6.39. The zero-order valence-electron chi connectivity index (χ0n) is 10.9. The first kappa shape index (κ1) is 13.5. The first-order chi connectivity index (χ1) is 8.65. The van der Waals surface area contributed by atoms with E-state index in [1.807, 2.05) is 13.0 Å². The molecule has 0 radical (unpaired) electrons. The van der Waals surface area contributed by atoms with E-state index in [9.17, 15) is 4.39 Å². The highest BCUT2D eigenvalue weighted by Crippen LogP contribution is 2.36. The van der Waals surface area contributed by atoms with E-state index >= 15 is 0 Å². The van der Waals surface area contributed by atoms with Crippen molar-refractivity contribution in [2.24, 2.45) is 11.8 Å². The Labute approximate surface area is 107 Å². The van der Waals surface area contributed by atoms with Gasteiger partial charge in [0.15, 0.2) is 0 Å². The summed E-state index contributed by atoms with van der Waals surface area (Å²) in [5.41, 5.74) is 4.92. The normalized spacial score (nSPS) is 18.7. The lowest BCUT2D eigenvalue weighted by molar-refractivity contribution is 0.0510. The van der Waals surface area contributed by atoms with Crippen LogP contribution < -0.4 is 11.3 Å². The molecule has 0 aromatic heterocycles. The van der Waals surface area contributed by atoms with E-state index in [0.717, 1.165) is 17.5 Å². The molecule has 100 valence electrons.